The molecule has 0 aliphatic carbocycles. The Morgan fingerprint density at radius 3 is 1.73 bits per heavy atom. The maximum atomic E-state index is 9.83. The summed E-state index contributed by atoms with van der Waals surface area (Å²) in [6, 6.07) is 0. The molecule has 0 aromatic rings. The van der Waals surface area contributed by atoms with E-state index in [0.29, 0.717) is 0 Å². The van der Waals surface area contributed by atoms with Crippen LogP contribution in [-0.4, -0.2) is 64.4 Å². The highest BCUT2D eigenvalue weighted by Crippen LogP contribution is 2.25. The molecule has 0 radical (unpaired) electrons. The lowest BCUT2D eigenvalue weighted by Crippen LogP contribution is -2.59. The normalized spacial score (nSPS) is 41.8. The second-order valence-corrected chi connectivity index (χ2v) is 3.24. The molecule has 6 nitrogen and oxygen atoms in total. The summed E-state index contributed by atoms with van der Waals surface area (Å²) >= 11 is 0. The molecule has 6 heteroatoms. The van der Waals surface area contributed by atoms with E-state index < -0.39 is 30.9 Å². The molecule has 5 atom stereocenters. The van der Waals surface area contributed by atoms with Gasteiger partial charge in [0.2, 0.25) is 0 Å². The Hall–Kier alpha value is -0.240. The number of hydrogen-bond donors (Lipinski definition) is 1. The molecule has 0 amide bonds. The largest absolute Gasteiger partial charge is 0.385 e. The molecule has 1 fully saturated rings. The third-order valence-electron chi connectivity index (χ3n) is 2.48. The summed E-state index contributed by atoms with van der Waals surface area (Å²) in [6.07, 6.45) is -3.32. The topological polar surface area (TPSA) is 66.4 Å². The monoisotopic (exact) mass is 222 g/mol. The van der Waals surface area contributed by atoms with Crippen LogP contribution in [-0.2, 0) is 23.7 Å². The van der Waals surface area contributed by atoms with Gasteiger partial charge >= 0.3 is 0 Å². The molecule has 0 aromatic heterocycles. The maximum absolute atomic E-state index is 9.83. The summed E-state index contributed by atoms with van der Waals surface area (Å²) in [6.45, 7) is 0. The van der Waals surface area contributed by atoms with Crippen LogP contribution in [0.5, 0.6) is 0 Å². The highest BCUT2D eigenvalue weighted by Gasteiger charge is 2.46. The third kappa shape index (κ3) is 2.47. The van der Waals surface area contributed by atoms with Gasteiger partial charge in [-0.2, -0.15) is 0 Å². The molecule has 1 aliphatic heterocycles. The second-order valence-electron chi connectivity index (χ2n) is 3.24. The Kier molecular flexibility index (Phi) is 4.91. The van der Waals surface area contributed by atoms with Crippen molar-refractivity contribution in [2.75, 3.05) is 28.4 Å². The molecule has 0 aromatic carbocycles. The first-order valence-corrected chi connectivity index (χ1v) is 4.64. The third-order valence-corrected chi connectivity index (χ3v) is 2.48. The first-order valence-electron chi connectivity index (χ1n) is 4.64. The fraction of sp³-hybridized carbons (Fsp3) is 1.00. The zero-order valence-corrected chi connectivity index (χ0v) is 9.38. The number of aliphatic hydroxyl groups is 1. The molecule has 1 rings (SSSR count). The lowest BCUT2D eigenvalue weighted by Gasteiger charge is -2.41. The van der Waals surface area contributed by atoms with Crippen molar-refractivity contribution in [3.63, 3.8) is 0 Å². The number of aliphatic hydroxyl groups excluding tert-OH is 1. The summed E-state index contributed by atoms with van der Waals surface area (Å²) in [4.78, 5) is 0. The Morgan fingerprint density at radius 2 is 1.33 bits per heavy atom. The van der Waals surface area contributed by atoms with Crippen molar-refractivity contribution >= 4 is 0 Å². The van der Waals surface area contributed by atoms with Crippen molar-refractivity contribution in [1.29, 1.82) is 0 Å². The average Bonchev–Trinajstić information content (AvgIpc) is 2.28. The molecule has 1 heterocycles. The number of rotatable bonds is 4. The quantitative estimate of drug-likeness (QED) is 0.682. The van der Waals surface area contributed by atoms with Crippen LogP contribution in [0.2, 0.25) is 0 Å². The second kappa shape index (κ2) is 5.74. The number of methoxy groups -OCH3 is 4. The summed E-state index contributed by atoms with van der Waals surface area (Å²) in [7, 11) is 5.94. The predicted octanol–water partition coefficient (Wildman–Crippen LogP) is -0.647. The lowest BCUT2D eigenvalue weighted by molar-refractivity contribution is -0.346. The minimum atomic E-state index is -0.906. The minimum absolute atomic E-state index is 0.485. The number of hydrogen-bond acceptors (Lipinski definition) is 6. The van der Waals surface area contributed by atoms with Crippen molar-refractivity contribution in [2.45, 2.75) is 30.9 Å². The first-order chi connectivity index (χ1) is 7.19. The summed E-state index contributed by atoms with van der Waals surface area (Å²) in [5, 5.41) is 9.83. The van der Waals surface area contributed by atoms with E-state index in [0.717, 1.165) is 0 Å². The Bertz CT molecular complexity index is 187. The van der Waals surface area contributed by atoms with Gasteiger partial charge in [0.15, 0.2) is 12.6 Å². The maximum Gasteiger partial charge on any atom is 0.189 e. The molecule has 15 heavy (non-hydrogen) atoms. The zero-order chi connectivity index (χ0) is 11.4. The van der Waals surface area contributed by atoms with Gasteiger partial charge in [0.25, 0.3) is 0 Å². The van der Waals surface area contributed by atoms with E-state index in [1.807, 2.05) is 0 Å². The van der Waals surface area contributed by atoms with Crippen LogP contribution in [0, 0.1) is 0 Å². The van der Waals surface area contributed by atoms with Gasteiger partial charge in [-0.05, 0) is 0 Å². The van der Waals surface area contributed by atoms with E-state index in [1.165, 1.54) is 28.4 Å². The lowest BCUT2D eigenvalue weighted by atomic mass is 10.0. The smallest absolute Gasteiger partial charge is 0.189 e. The van der Waals surface area contributed by atoms with E-state index in [2.05, 4.69) is 0 Å². The van der Waals surface area contributed by atoms with Crippen molar-refractivity contribution in [2.24, 2.45) is 0 Å². The highest BCUT2D eigenvalue weighted by molar-refractivity contribution is 4.87. The molecule has 0 spiro atoms. The van der Waals surface area contributed by atoms with Crippen LogP contribution < -0.4 is 0 Å². The molecule has 5 unspecified atom stereocenters. The van der Waals surface area contributed by atoms with Crippen molar-refractivity contribution in [1.82, 2.24) is 0 Å². The zero-order valence-electron chi connectivity index (χ0n) is 9.38. The standard InChI is InChI=1S/C9H18O6/c1-11-6-5(10)8(13-3)15-9(14-4)7(6)12-2/h5-10H,1-4H3. The molecule has 1 aliphatic rings. The molecule has 0 bridgehead atoms. The van der Waals surface area contributed by atoms with E-state index in [-0.39, 0.29) is 0 Å². The molecular formula is C9H18O6. The van der Waals surface area contributed by atoms with Gasteiger partial charge in [0.05, 0.1) is 0 Å². The van der Waals surface area contributed by atoms with E-state index in [4.69, 9.17) is 23.7 Å². The van der Waals surface area contributed by atoms with Crippen molar-refractivity contribution in [3.05, 3.63) is 0 Å². The fourth-order valence-corrected chi connectivity index (χ4v) is 1.70. The van der Waals surface area contributed by atoms with Gasteiger partial charge in [0.1, 0.15) is 18.3 Å². The molecule has 1 N–H and O–H groups in total. The fourth-order valence-electron chi connectivity index (χ4n) is 1.70. The van der Waals surface area contributed by atoms with Gasteiger partial charge in [0, 0.05) is 28.4 Å². The minimum Gasteiger partial charge on any atom is -0.385 e. The molecular weight excluding hydrogens is 204 g/mol. The first kappa shape index (κ1) is 12.8. The Balaban J connectivity index is 2.78. The van der Waals surface area contributed by atoms with Crippen molar-refractivity contribution in [3.8, 4) is 0 Å². The van der Waals surface area contributed by atoms with Gasteiger partial charge in [-0.1, -0.05) is 0 Å². The van der Waals surface area contributed by atoms with E-state index in [9.17, 15) is 5.11 Å². The van der Waals surface area contributed by atoms with Gasteiger partial charge in [-0.15, -0.1) is 0 Å². The summed E-state index contributed by atoms with van der Waals surface area (Å²) in [5.74, 6) is 0. The van der Waals surface area contributed by atoms with Crippen LogP contribution >= 0.6 is 0 Å². The van der Waals surface area contributed by atoms with Crippen LogP contribution in [0.15, 0.2) is 0 Å². The van der Waals surface area contributed by atoms with E-state index in [1.54, 1.807) is 0 Å². The number of ether oxygens (including phenoxy) is 5. The molecule has 0 saturated carbocycles. The van der Waals surface area contributed by atoms with Crippen LogP contribution in [0.4, 0.5) is 0 Å². The summed E-state index contributed by atoms with van der Waals surface area (Å²) in [5.41, 5.74) is 0. The van der Waals surface area contributed by atoms with Crippen LogP contribution in [0.25, 0.3) is 0 Å². The summed E-state index contributed by atoms with van der Waals surface area (Å²) < 4.78 is 25.7. The SMILES string of the molecule is COC1OC(OC)C(OC)C(OC)C1O. The van der Waals surface area contributed by atoms with Crippen LogP contribution in [0.3, 0.4) is 0 Å². The average molecular weight is 222 g/mol. The van der Waals surface area contributed by atoms with Gasteiger partial charge in [-0.25, -0.2) is 0 Å². The Morgan fingerprint density at radius 1 is 0.800 bits per heavy atom. The van der Waals surface area contributed by atoms with E-state index >= 15 is 0 Å². The van der Waals surface area contributed by atoms with Crippen molar-refractivity contribution < 1.29 is 28.8 Å². The Labute approximate surface area is 89.0 Å². The van der Waals surface area contributed by atoms with Gasteiger partial charge < -0.3 is 28.8 Å². The van der Waals surface area contributed by atoms with Crippen LogP contribution in [0.1, 0.15) is 0 Å². The molecule has 1 saturated heterocycles. The van der Waals surface area contributed by atoms with Gasteiger partial charge in [-0.3, -0.25) is 0 Å². The molecule has 90 valence electrons. The predicted molar refractivity (Wildman–Crippen MR) is 50.3 cm³/mol. The highest BCUT2D eigenvalue weighted by atomic mass is 16.8.